The molecule has 0 saturated carbocycles. The lowest BCUT2D eigenvalue weighted by Crippen LogP contribution is -2.22. The number of amides is 1. The number of nitrogens with zero attached hydrogens (tertiary/aromatic N) is 2. The second-order valence-corrected chi connectivity index (χ2v) is 4.64. The van der Waals surface area contributed by atoms with E-state index in [2.05, 4.69) is 5.10 Å². The molecule has 0 bridgehead atoms. The van der Waals surface area contributed by atoms with Crippen LogP contribution in [0.3, 0.4) is 0 Å². The van der Waals surface area contributed by atoms with Crippen molar-refractivity contribution in [3.05, 3.63) is 46.0 Å². The Morgan fingerprint density at radius 2 is 1.64 bits per heavy atom. The summed E-state index contributed by atoms with van der Waals surface area (Å²) in [5, 5.41) is 5.61. The van der Waals surface area contributed by atoms with Gasteiger partial charge in [0.25, 0.3) is 0 Å². The van der Waals surface area contributed by atoms with Gasteiger partial charge in [0.05, 0.1) is 16.9 Å². The Morgan fingerprint density at radius 1 is 1.14 bits per heavy atom. The maximum atomic E-state index is 13.4. The van der Waals surface area contributed by atoms with Crippen molar-refractivity contribution in [2.75, 3.05) is 5.32 Å². The largest absolute Gasteiger partial charge is 0.319 e. The van der Waals surface area contributed by atoms with Crippen LogP contribution in [0.1, 0.15) is 5.69 Å². The molecule has 0 spiro atoms. The van der Waals surface area contributed by atoms with E-state index in [1.165, 1.54) is 13.1 Å². The Labute approximate surface area is 125 Å². The number of halogens is 6. The molecular formula is C12H7ClF5N3O. The van der Waals surface area contributed by atoms with Gasteiger partial charge in [-0.05, 0) is 6.92 Å². The van der Waals surface area contributed by atoms with E-state index < -0.39 is 47.2 Å². The van der Waals surface area contributed by atoms with Gasteiger partial charge < -0.3 is 5.32 Å². The fourth-order valence-electron chi connectivity index (χ4n) is 1.61. The molecule has 1 heterocycles. The normalized spacial score (nSPS) is 10.9. The number of anilines is 1. The van der Waals surface area contributed by atoms with Crippen LogP contribution in [0, 0.1) is 36.0 Å². The molecule has 2 rings (SSSR count). The molecule has 10 heteroatoms. The average Bonchev–Trinajstić information content (AvgIpc) is 2.79. The summed E-state index contributed by atoms with van der Waals surface area (Å²) in [6, 6.07) is 0. The molecule has 0 aliphatic rings. The monoisotopic (exact) mass is 339 g/mol. The zero-order valence-electron chi connectivity index (χ0n) is 10.9. The number of hydrogen-bond donors (Lipinski definition) is 1. The minimum atomic E-state index is -2.30. The number of benzene rings is 1. The Hall–Kier alpha value is -2.16. The van der Waals surface area contributed by atoms with Crippen molar-refractivity contribution < 1.29 is 26.7 Å². The van der Waals surface area contributed by atoms with E-state index in [4.69, 9.17) is 11.6 Å². The van der Waals surface area contributed by atoms with Crippen LogP contribution < -0.4 is 5.32 Å². The molecule has 22 heavy (non-hydrogen) atoms. The van der Waals surface area contributed by atoms with E-state index in [-0.39, 0.29) is 5.02 Å². The summed E-state index contributed by atoms with van der Waals surface area (Å²) in [5.41, 5.74) is -1.02. The van der Waals surface area contributed by atoms with Gasteiger partial charge in [-0.3, -0.25) is 9.48 Å². The van der Waals surface area contributed by atoms with Crippen LogP contribution in [0.15, 0.2) is 6.20 Å². The predicted molar refractivity (Wildman–Crippen MR) is 66.8 cm³/mol. The van der Waals surface area contributed by atoms with Crippen LogP contribution in [0.4, 0.5) is 27.6 Å². The Bertz CT molecular complexity index is 733. The highest BCUT2D eigenvalue weighted by molar-refractivity contribution is 6.31. The fraction of sp³-hybridized carbons (Fsp3) is 0.167. The van der Waals surface area contributed by atoms with Crippen LogP contribution in [-0.4, -0.2) is 15.7 Å². The zero-order valence-corrected chi connectivity index (χ0v) is 11.6. The molecule has 0 radical (unpaired) electrons. The second kappa shape index (κ2) is 5.91. The van der Waals surface area contributed by atoms with Crippen LogP contribution in [0.2, 0.25) is 5.02 Å². The quantitative estimate of drug-likeness (QED) is 0.530. The Morgan fingerprint density at radius 3 is 2.09 bits per heavy atom. The molecule has 0 aliphatic heterocycles. The number of carbonyl (C=O) groups is 1. The van der Waals surface area contributed by atoms with Crippen molar-refractivity contribution in [3.63, 3.8) is 0 Å². The minimum absolute atomic E-state index is 0.254. The minimum Gasteiger partial charge on any atom is -0.319 e. The molecule has 2 aromatic rings. The van der Waals surface area contributed by atoms with Gasteiger partial charge in [-0.2, -0.15) is 5.10 Å². The molecule has 0 atom stereocenters. The summed E-state index contributed by atoms with van der Waals surface area (Å²) in [5.74, 6) is -11.9. The lowest BCUT2D eigenvalue weighted by atomic mass is 10.2. The van der Waals surface area contributed by atoms with Crippen molar-refractivity contribution in [2.45, 2.75) is 13.5 Å². The molecule has 1 aromatic heterocycles. The Kier molecular flexibility index (Phi) is 4.36. The predicted octanol–water partition coefficient (Wildman–Crippen LogP) is 3.18. The number of carbonyl (C=O) groups excluding carboxylic acids is 1. The first-order valence-electron chi connectivity index (χ1n) is 5.73. The van der Waals surface area contributed by atoms with Gasteiger partial charge >= 0.3 is 0 Å². The number of hydrogen-bond acceptors (Lipinski definition) is 2. The lowest BCUT2D eigenvalue weighted by molar-refractivity contribution is -0.117. The molecule has 0 aliphatic carbocycles. The molecule has 1 N–H and O–H groups in total. The third kappa shape index (κ3) is 2.76. The lowest BCUT2D eigenvalue weighted by Gasteiger charge is -2.10. The van der Waals surface area contributed by atoms with Crippen LogP contribution in [0.25, 0.3) is 0 Å². The van der Waals surface area contributed by atoms with Gasteiger partial charge in [0.1, 0.15) is 12.2 Å². The first-order chi connectivity index (χ1) is 10.2. The SMILES string of the molecule is Cc1c(Cl)cnn1CC(=O)Nc1c(F)c(F)c(F)c(F)c1F. The average molecular weight is 340 g/mol. The molecular weight excluding hydrogens is 333 g/mol. The highest BCUT2D eigenvalue weighted by atomic mass is 35.5. The highest BCUT2D eigenvalue weighted by Gasteiger charge is 2.27. The molecule has 1 aromatic carbocycles. The molecule has 0 unspecified atom stereocenters. The van der Waals surface area contributed by atoms with Crippen molar-refractivity contribution in [1.82, 2.24) is 9.78 Å². The summed E-state index contributed by atoms with van der Waals surface area (Å²) >= 11 is 5.71. The summed E-state index contributed by atoms with van der Waals surface area (Å²) in [6.07, 6.45) is 1.24. The van der Waals surface area contributed by atoms with Crippen LogP contribution >= 0.6 is 11.6 Å². The number of rotatable bonds is 3. The second-order valence-electron chi connectivity index (χ2n) is 4.23. The smallest absolute Gasteiger partial charge is 0.246 e. The van der Waals surface area contributed by atoms with Gasteiger partial charge in [-0.25, -0.2) is 22.0 Å². The number of aromatic nitrogens is 2. The van der Waals surface area contributed by atoms with E-state index in [0.717, 1.165) is 4.68 Å². The first kappa shape index (κ1) is 16.2. The van der Waals surface area contributed by atoms with E-state index in [1.54, 1.807) is 5.32 Å². The maximum absolute atomic E-state index is 13.4. The standard InChI is InChI=1S/C12H7ClF5N3O/c1-4-5(13)2-19-21(4)3-6(22)20-12-10(17)8(15)7(14)9(16)11(12)18/h2H,3H2,1H3,(H,20,22). The summed E-state index contributed by atoms with van der Waals surface area (Å²) in [7, 11) is 0. The van der Waals surface area contributed by atoms with Crippen molar-refractivity contribution in [3.8, 4) is 0 Å². The molecule has 0 fully saturated rings. The zero-order chi connectivity index (χ0) is 16.6. The molecule has 1 amide bonds. The molecule has 0 saturated heterocycles. The third-order valence-electron chi connectivity index (χ3n) is 2.81. The van der Waals surface area contributed by atoms with Crippen molar-refractivity contribution in [1.29, 1.82) is 0 Å². The highest BCUT2D eigenvalue weighted by Crippen LogP contribution is 2.27. The first-order valence-corrected chi connectivity index (χ1v) is 6.11. The summed E-state index contributed by atoms with van der Waals surface area (Å²) in [4.78, 5) is 11.7. The van der Waals surface area contributed by atoms with Gasteiger partial charge in [-0.1, -0.05) is 11.6 Å². The van der Waals surface area contributed by atoms with E-state index >= 15 is 0 Å². The van der Waals surface area contributed by atoms with Crippen molar-refractivity contribution >= 4 is 23.2 Å². The Balaban J connectivity index is 2.28. The molecule has 4 nitrogen and oxygen atoms in total. The van der Waals surface area contributed by atoms with Gasteiger partial charge in [0.15, 0.2) is 23.3 Å². The van der Waals surface area contributed by atoms with Crippen molar-refractivity contribution in [2.24, 2.45) is 0 Å². The molecule has 118 valence electrons. The number of nitrogens with one attached hydrogen (secondary N) is 1. The topological polar surface area (TPSA) is 46.9 Å². The maximum Gasteiger partial charge on any atom is 0.246 e. The van der Waals surface area contributed by atoms with Crippen LogP contribution in [-0.2, 0) is 11.3 Å². The van der Waals surface area contributed by atoms with Gasteiger partial charge in [-0.15, -0.1) is 0 Å². The summed E-state index contributed by atoms with van der Waals surface area (Å²) in [6.45, 7) is 1.01. The van der Waals surface area contributed by atoms with Gasteiger partial charge in [0, 0.05) is 0 Å². The third-order valence-corrected chi connectivity index (χ3v) is 3.18. The van der Waals surface area contributed by atoms with E-state index in [0.29, 0.717) is 5.69 Å². The van der Waals surface area contributed by atoms with E-state index in [1.807, 2.05) is 0 Å². The van der Waals surface area contributed by atoms with E-state index in [9.17, 15) is 26.7 Å². The fourth-order valence-corrected chi connectivity index (χ4v) is 1.75. The van der Waals surface area contributed by atoms with Crippen LogP contribution in [0.5, 0.6) is 0 Å². The summed E-state index contributed by atoms with van der Waals surface area (Å²) < 4.78 is 66.8. The van der Waals surface area contributed by atoms with Gasteiger partial charge in [0.2, 0.25) is 11.7 Å².